The number of nitrogens with zero attached hydrogens (tertiary/aromatic N) is 7. The quantitative estimate of drug-likeness (QED) is 0.572. The summed E-state index contributed by atoms with van der Waals surface area (Å²) in [5, 5.41) is 5.36. The lowest BCUT2D eigenvalue weighted by atomic mass is 10.1. The van der Waals surface area contributed by atoms with Crippen molar-refractivity contribution in [1.29, 1.82) is 0 Å². The number of carbonyl (C=O) groups excluding carboxylic acids is 2. The van der Waals surface area contributed by atoms with Crippen LogP contribution in [-0.2, 0) is 16.6 Å². The van der Waals surface area contributed by atoms with E-state index in [0.29, 0.717) is 24.0 Å². The Balaban J connectivity index is 1.12. The monoisotopic (exact) mass is 469 g/mol. The highest BCUT2D eigenvalue weighted by molar-refractivity contribution is 6.15. The van der Waals surface area contributed by atoms with E-state index in [1.807, 2.05) is 39.9 Å². The Morgan fingerprint density at radius 1 is 1.09 bits per heavy atom. The van der Waals surface area contributed by atoms with Crippen molar-refractivity contribution in [2.45, 2.75) is 37.6 Å². The highest BCUT2D eigenvalue weighted by atomic mass is 16.2. The fourth-order valence-corrected chi connectivity index (χ4v) is 5.41. The van der Waals surface area contributed by atoms with E-state index in [1.54, 1.807) is 12.4 Å². The molecule has 2 amide bonds. The number of amidine groups is 1. The number of aliphatic imine (C=N–C) groups is 1. The van der Waals surface area contributed by atoms with Gasteiger partial charge in [0.25, 0.3) is 5.91 Å². The molecule has 2 aliphatic heterocycles. The summed E-state index contributed by atoms with van der Waals surface area (Å²) in [6.45, 7) is 2.09. The SMILES string of the molecule is Cn1ncc2cc(-c3cnc(C4=NC5(CC5)C(=O)N4CC4CCN(C(=O)C5CC5)C4)cn3)ccc21. The first-order valence-corrected chi connectivity index (χ1v) is 12.5. The van der Waals surface area contributed by atoms with Crippen LogP contribution in [0.3, 0.4) is 0 Å². The molecule has 4 heterocycles. The fourth-order valence-electron chi connectivity index (χ4n) is 5.41. The number of benzene rings is 1. The molecule has 1 aromatic carbocycles. The fraction of sp³-hybridized carbons (Fsp3) is 0.462. The molecule has 2 aliphatic carbocycles. The number of aromatic nitrogens is 4. The maximum absolute atomic E-state index is 13.3. The zero-order chi connectivity index (χ0) is 23.7. The van der Waals surface area contributed by atoms with E-state index in [9.17, 15) is 9.59 Å². The van der Waals surface area contributed by atoms with Crippen LogP contribution in [0.25, 0.3) is 22.2 Å². The van der Waals surface area contributed by atoms with Gasteiger partial charge in [0.15, 0.2) is 5.84 Å². The lowest BCUT2D eigenvalue weighted by molar-refractivity contribution is -0.131. The molecule has 1 saturated heterocycles. The summed E-state index contributed by atoms with van der Waals surface area (Å²) in [7, 11) is 1.92. The number of aryl methyl sites for hydroxylation is 1. The summed E-state index contributed by atoms with van der Waals surface area (Å²) in [5.41, 5.74) is 2.82. The van der Waals surface area contributed by atoms with Crippen LogP contribution in [0.5, 0.6) is 0 Å². The Kier molecular flexibility index (Phi) is 4.40. The molecule has 0 radical (unpaired) electrons. The zero-order valence-electron chi connectivity index (χ0n) is 19.7. The predicted octanol–water partition coefficient (Wildman–Crippen LogP) is 2.41. The summed E-state index contributed by atoms with van der Waals surface area (Å²) in [6, 6.07) is 6.11. The van der Waals surface area contributed by atoms with Crippen molar-refractivity contribution in [2.24, 2.45) is 23.9 Å². The number of likely N-dealkylation sites (tertiary alicyclic amines) is 1. The molecule has 9 heteroatoms. The van der Waals surface area contributed by atoms with Gasteiger partial charge in [-0.3, -0.25) is 24.2 Å². The van der Waals surface area contributed by atoms with Gasteiger partial charge in [-0.2, -0.15) is 5.10 Å². The Bertz CT molecular complexity index is 1380. The molecule has 7 rings (SSSR count). The second-order valence-corrected chi connectivity index (χ2v) is 10.4. The predicted molar refractivity (Wildman–Crippen MR) is 129 cm³/mol. The van der Waals surface area contributed by atoms with Gasteiger partial charge in [-0.15, -0.1) is 0 Å². The van der Waals surface area contributed by atoms with Gasteiger partial charge in [-0.25, -0.2) is 9.98 Å². The number of hydrogen-bond acceptors (Lipinski definition) is 6. The van der Waals surface area contributed by atoms with Gasteiger partial charge >= 0.3 is 0 Å². The van der Waals surface area contributed by atoms with E-state index in [1.165, 1.54) is 0 Å². The molecular formula is C26H27N7O2. The molecule has 178 valence electrons. The Hall–Kier alpha value is -3.62. The van der Waals surface area contributed by atoms with Crippen LogP contribution in [0.4, 0.5) is 0 Å². The smallest absolute Gasteiger partial charge is 0.256 e. The molecule has 0 N–H and O–H groups in total. The van der Waals surface area contributed by atoms with Crippen LogP contribution < -0.4 is 0 Å². The van der Waals surface area contributed by atoms with Crippen molar-refractivity contribution in [1.82, 2.24) is 29.5 Å². The maximum Gasteiger partial charge on any atom is 0.256 e. The molecule has 1 atom stereocenters. The van der Waals surface area contributed by atoms with Crippen LogP contribution in [0.15, 0.2) is 41.8 Å². The van der Waals surface area contributed by atoms with Crippen molar-refractivity contribution in [3.8, 4) is 11.3 Å². The standard InChI is InChI=1S/C26H27N7O2/c1-31-22-5-4-18(10-19(22)11-29-31)20-12-28-21(13-27-20)23-30-26(7-8-26)25(35)33(23)15-16-6-9-32(14-16)24(34)17-2-3-17/h4-5,10-13,16-17H,2-3,6-9,14-15H2,1H3. The van der Waals surface area contributed by atoms with E-state index in [0.717, 1.165) is 67.4 Å². The van der Waals surface area contributed by atoms with Crippen molar-refractivity contribution >= 4 is 28.6 Å². The second-order valence-electron chi connectivity index (χ2n) is 10.4. The Morgan fingerprint density at radius 2 is 1.89 bits per heavy atom. The van der Waals surface area contributed by atoms with Gasteiger partial charge in [-0.1, -0.05) is 6.07 Å². The lowest BCUT2D eigenvalue weighted by Gasteiger charge is -2.23. The molecule has 1 unspecified atom stereocenters. The minimum atomic E-state index is -0.594. The summed E-state index contributed by atoms with van der Waals surface area (Å²) >= 11 is 0. The van der Waals surface area contributed by atoms with Crippen molar-refractivity contribution in [2.75, 3.05) is 19.6 Å². The number of hydrogen-bond donors (Lipinski definition) is 0. The van der Waals surface area contributed by atoms with Gasteiger partial charge in [0.05, 0.1) is 29.8 Å². The number of rotatable bonds is 5. The summed E-state index contributed by atoms with van der Waals surface area (Å²) in [6.07, 6.45) is 9.86. The van der Waals surface area contributed by atoms with Gasteiger partial charge < -0.3 is 4.90 Å². The van der Waals surface area contributed by atoms with Crippen LogP contribution >= 0.6 is 0 Å². The first-order valence-electron chi connectivity index (χ1n) is 12.5. The normalized spacial score (nSPS) is 22.9. The third kappa shape index (κ3) is 3.44. The molecule has 3 aromatic rings. The summed E-state index contributed by atoms with van der Waals surface area (Å²) in [4.78, 5) is 43.7. The van der Waals surface area contributed by atoms with E-state index < -0.39 is 5.54 Å². The molecule has 35 heavy (non-hydrogen) atoms. The third-order valence-corrected chi connectivity index (χ3v) is 7.83. The van der Waals surface area contributed by atoms with Crippen LogP contribution in [0.1, 0.15) is 37.8 Å². The molecule has 1 spiro atoms. The average Bonchev–Trinajstić information content (AvgIpc) is 3.78. The number of carbonyl (C=O) groups is 2. The topological polar surface area (TPSA) is 96.6 Å². The highest BCUT2D eigenvalue weighted by Gasteiger charge is 2.58. The van der Waals surface area contributed by atoms with E-state index in [4.69, 9.17) is 4.99 Å². The van der Waals surface area contributed by atoms with Gasteiger partial charge in [0.2, 0.25) is 5.91 Å². The number of fused-ring (bicyclic) bond motifs is 1. The van der Waals surface area contributed by atoms with Crippen molar-refractivity contribution < 1.29 is 9.59 Å². The van der Waals surface area contributed by atoms with Crippen LogP contribution in [0, 0.1) is 11.8 Å². The lowest BCUT2D eigenvalue weighted by Crippen LogP contribution is -2.41. The molecular weight excluding hydrogens is 442 g/mol. The molecule has 3 fully saturated rings. The third-order valence-electron chi connectivity index (χ3n) is 7.83. The average molecular weight is 470 g/mol. The first-order chi connectivity index (χ1) is 17.0. The summed E-state index contributed by atoms with van der Waals surface area (Å²) < 4.78 is 1.84. The summed E-state index contributed by atoms with van der Waals surface area (Å²) in [5.74, 6) is 1.49. The molecule has 2 aromatic heterocycles. The maximum atomic E-state index is 13.3. The molecule has 4 aliphatic rings. The Morgan fingerprint density at radius 3 is 2.63 bits per heavy atom. The van der Waals surface area contributed by atoms with Crippen molar-refractivity contribution in [3.63, 3.8) is 0 Å². The molecule has 0 bridgehead atoms. The van der Waals surface area contributed by atoms with E-state index in [2.05, 4.69) is 21.1 Å². The second kappa shape index (κ2) is 7.44. The van der Waals surface area contributed by atoms with Crippen molar-refractivity contribution in [3.05, 3.63) is 42.5 Å². The van der Waals surface area contributed by atoms with Gasteiger partial charge in [0.1, 0.15) is 11.2 Å². The Labute approximate surface area is 202 Å². The first kappa shape index (κ1) is 20.7. The molecule has 9 nitrogen and oxygen atoms in total. The number of amides is 2. The van der Waals surface area contributed by atoms with Gasteiger partial charge in [-0.05, 0) is 50.2 Å². The highest BCUT2D eigenvalue weighted by Crippen LogP contribution is 2.46. The largest absolute Gasteiger partial charge is 0.342 e. The minimum Gasteiger partial charge on any atom is -0.342 e. The van der Waals surface area contributed by atoms with E-state index >= 15 is 0 Å². The van der Waals surface area contributed by atoms with Crippen LogP contribution in [0.2, 0.25) is 0 Å². The molecule has 2 saturated carbocycles. The van der Waals surface area contributed by atoms with Crippen LogP contribution in [-0.4, -0.2) is 72.4 Å². The zero-order valence-corrected chi connectivity index (χ0v) is 19.7. The van der Waals surface area contributed by atoms with Gasteiger partial charge in [0, 0.05) is 43.5 Å². The van der Waals surface area contributed by atoms with E-state index in [-0.39, 0.29) is 17.7 Å². The minimum absolute atomic E-state index is 0.0763.